The Labute approximate surface area is 236 Å². The summed E-state index contributed by atoms with van der Waals surface area (Å²) in [6.07, 6.45) is 3.17. The van der Waals surface area contributed by atoms with Crippen LogP contribution in [-0.4, -0.2) is 60.0 Å². The average molecular weight is 575 g/mol. The normalized spacial score (nSPS) is 22.7. The van der Waals surface area contributed by atoms with E-state index in [9.17, 15) is 17.6 Å². The first-order valence-corrected chi connectivity index (χ1v) is 15.1. The number of pyridine rings is 1. The number of aliphatic imine (C=N–C) groups is 1. The standard InChI is InChI=1S/C29H39FN4O5S/c1-19(22-9-7-8-10-23(22)30)32-26-33-40(36,37)25(29(5,6)38-26)17-20-11-12-24(31-18-20)21-13-15-34(16-14-21)27(35)39-28(2,3)4/h7-12,18-19,21,25H,13-17H2,1-6H3,(H,32,33)/t19-,25?/m0/s1. The Morgan fingerprint density at radius 2 is 1.90 bits per heavy atom. The molecule has 0 aliphatic carbocycles. The van der Waals surface area contributed by atoms with E-state index in [-0.39, 0.29) is 24.5 Å². The number of rotatable bonds is 5. The first-order valence-electron chi connectivity index (χ1n) is 13.6. The van der Waals surface area contributed by atoms with Gasteiger partial charge in [-0.2, -0.15) is 0 Å². The molecule has 1 N–H and O–H groups in total. The molecule has 218 valence electrons. The average Bonchev–Trinajstić information content (AvgIpc) is 2.85. The fraction of sp³-hybridized carbons (Fsp3) is 0.552. The van der Waals surface area contributed by atoms with Gasteiger partial charge in [-0.3, -0.25) is 4.98 Å². The number of carbonyl (C=O) groups excluding carboxylic acids is 1. The van der Waals surface area contributed by atoms with Crippen molar-refractivity contribution in [2.24, 2.45) is 4.99 Å². The molecule has 2 fully saturated rings. The Morgan fingerprint density at radius 3 is 2.48 bits per heavy atom. The molecule has 40 heavy (non-hydrogen) atoms. The summed E-state index contributed by atoms with van der Waals surface area (Å²) in [7, 11) is -3.85. The van der Waals surface area contributed by atoms with Gasteiger partial charge >= 0.3 is 6.09 Å². The van der Waals surface area contributed by atoms with Gasteiger partial charge in [-0.05, 0) is 78.5 Å². The van der Waals surface area contributed by atoms with Crippen molar-refractivity contribution in [1.82, 2.24) is 14.6 Å². The molecule has 0 spiro atoms. The lowest BCUT2D eigenvalue weighted by atomic mass is 9.92. The number of hydrogen-bond donors (Lipinski definition) is 1. The summed E-state index contributed by atoms with van der Waals surface area (Å²) in [6, 6.07) is 9.28. The highest BCUT2D eigenvalue weighted by atomic mass is 32.2. The summed E-state index contributed by atoms with van der Waals surface area (Å²) in [4.78, 5) is 23.0. The molecule has 1 unspecified atom stereocenters. The quantitative estimate of drug-likeness (QED) is 0.533. The highest BCUT2D eigenvalue weighted by Crippen LogP contribution is 2.31. The van der Waals surface area contributed by atoms with Gasteiger partial charge in [-0.1, -0.05) is 24.3 Å². The van der Waals surface area contributed by atoms with Crippen molar-refractivity contribution >= 4 is 22.1 Å². The van der Waals surface area contributed by atoms with E-state index in [4.69, 9.17) is 9.47 Å². The van der Waals surface area contributed by atoms with Crippen LogP contribution in [0.2, 0.25) is 0 Å². The van der Waals surface area contributed by atoms with E-state index in [1.165, 1.54) is 6.07 Å². The summed E-state index contributed by atoms with van der Waals surface area (Å²) in [5.74, 6) is -0.206. The summed E-state index contributed by atoms with van der Waals surface area (Å²) in [5, 5.41) is -0.896. The van der Waals surface area contributed by atoms with Crippen LogP contribution in [0.15, 0.2) is 47.6 Å². The van der Waals surface area contributed by atoms with Crippen LogP contribution in [0.3, 0.4) is 0 Å². The monoisotopic (exact) mass is 574 g/mol. The molecular formula is C29H39FN4O5S. The first-order chi connectivity index (χ1) is 18.6. The van der Waals surface area contributed by atoms with Crippen molar-refractivity contribution in [1.29, 1.82) is 0 Å². The van der Waals surface area contributed by atoms with Crippen LogP contribution in [0.1, 0.15) is 83.2 Å². The molecule has 2 saturated heterocycles. The predicted octanol–water partition coefficient (Wildman–Crippen LogP) is 5.09. The second kappa shape index (κ2) is 11.3. The Balaban J connectivity index is 1.39. The second-order valence-corrected chi connectivity index (χ2v) is 13.9. The molecule has 1 amide bonds. The third-order valence-corrected chi connectivity index (χ3v) is 9.18. The van der Waals surface area contributed by atoms with Gasteiger partial charge in [-0.25, -0.2) is 27.3 Å². The van der Waals surface area contributed by atoms with Gasteiger partial charge in [0.25, 0.3) is 6.02 Å². The van der Waals surface area contributed by atoms with Gasteiger partial charge in [0.05, 0.1) is 6.04 Å². The van der Waals surface area contributed by atoms with Crippen molar-refractivity contribution < 1.29 is 27.1 Å². The summed E-state index contributed by atoms with van der Waals surface area (Å²) in [6.45, 7) is 11.8. The summed E-state index contributed by atoms with van der Waals surface area (Å²) < 4.78 is 54.6. The highest BCUT2D eigenvalue weighted by Gasteiger charge is 2.47. The fourth-order valence-electron chi connectivity index (χ4n) is 5.07. The number of halogens is 1. The van der Waals surface area contributed by atoms with Crippen molar-refractivity contribution in [2.75, 3.05) is 13.1 Å². The van der Waals surface area contributed by atoms with Crippen LogP contribution >= 0.6 is 0 Å². The number of hydrogen-bond acceptors (Lipinski definition) is 7. The molecule has 4 rings (SSSR count). The highest BCUT2D eigenvalue weighted by molar-refractivity contribution is 7.90. The van der Waals surface area contributed by atoms with Crippen LogP contribution in [0.5, 0.6) is 0 Å². The van der Waals surface area contributed by atoms with E-state index in [1.54, 1.807) is 50.1 Å². The Morgan fingerprint density at radius 1 is 1.23 bits per heavy atom. The van der Waals surface area contributed by atoms with E-state index in [0.717, 1.165) is 24.1 Å². The fourth-order valence-corrected chi connectivity index (χ4v) is 6.75. The smallest absolute Gasteiger partial charge is 0.410 e. The summed E-state index contributed by atoms with van der Waals surface area (Å²) >= 11 is 0. The van der Waals surface area contributed by atoms with Gasteiger partial charge in [0.2, 0.25) is 10.0 Å². The number of aromatic nitrogens is 1. The third kappa shape index (κ3) is 7.10. The molecule has 11 heteroatoms. The molecule has 2 aliphatic rings. The van der Waals surface area contributed by atoms with E-state index in [1.807, 2.05) is 32.9 Å². The van der Waals surface area contributed by atoms with Crippen molar-refractivity contribution in [2.45, 2.75) is 89.2 Å². The Bertz CT molecular complexity index is 1350. The minimum atomic E-state index is -3.85. The maximum Gasteiger partial charge on any atom is 0.410 e. The minimum absolute atomic E-state index is 0.150. The molecule has 9 nitrogen and oxygen atoms in total. The van der Waals surface area contributed by atoms with Crippen LogP contribution in [0, 0.1) is 5.82 Å². The van der Waals surface area contributed by atoms with Gasteiger partial charge in [-0.15, -0.1) is 0 Å². The molecule has 1 aromatic carbocycles. The van der Waals surface area contributed by atoms with Gasteiger partial charge < -0.3 is 14.4 Å². The zero-order valence-electron chi connectivity index (χ0n) is 24.0. The first kappa shape index (κ1) is 29.8. The Kier molecular flexibility index (Phi) is 8.44. The van der Waals surface area contributed by atoms with Crippen LogP contribution in [-0.2, 0) is 25.9 Å². The molecule has 2 aliphatic heterocycles. The maximum absolute atomic E-state index is 14.2. The van der Waals surface area contributed by atoms with Gasteiger partial charge in [0.1, 0.15) is 22.3 Å². The van der Waals surface area contributed by atoms with Gasteiger partial charge in [0, 0.05) is 36.5 Å². The second-order valence-electron chi connectivity index (χ2n) is 12.0. The van der Waals surface area contributed by atoms with Crippen LogP contribution < -0.4 is 4.72 Å². The molecule has 0 bridgehead atoms. The Hall–Kier alpha value is -3.21. The van der Waals surface area contributed by atoms with Crippen molar-refractivity contribution in [3.63, 3.8) is 0 Å². The maximum atomic E-state index is 14.2. The number of nitrogens with one attached hydrogen (secondary N) is 1. The number of piperidine rings is 1. The zero-order valence-corrected chi connectivity index (χ0v) is 24.8. The van der Waals surface area contributed by atoms with Crippen molar-refractivity contribution in [3.8, 4) is 0 Å². The molecule has 3 heterocycles. The zero-order chi connectivity index (χ0) is 29.3. The number of amides is 1. The lowest BCUT2D eigenvalue weighted by Crippen LogP contribution is -2.59. The van der Waals surface area contributed by atoms with Gasteiger partial charge in [0.15, 0.2) is 0 Å². The molecule has 0 radical (unpaired) electrons. The van der Waals surface area contributed by atoms with Crippen molar-refractivity contribution in [3.05, 3.63) is 65.2 Å². The summed E-state index contributed by atoms with van der Waals surface area (Å²) in [5.41, 5.74) is 0.414. The molecular weight excluding hydrogens is 535 g/mol. The molecule has 0 saturated carbocycles. The number of benzene rings is 1. The minimum Gasteiger partial charge on any atom is -0.457 e. The largest absolute Gasteiger partial charge is 0.457 e. The predicted molar refractivity (Wildman–Crippen MR) is 151 cm³/mol. The van der Waals surface area contributed by atoms with E-state index in [2.05, 4.69) is 14.7 Å². The van der Waals surface area contributed by atoms with E-state index in [0.29, 0.717) is 18.7 Å². The van der Waals surface area contributed by atoms with Crippen LogP contribution in [0.4, 0.5) is 9.18 Å². The van der Waals surface area contributed by atoms with E-state index < -0.39 is 38.3 Å². The number of likely N-dealkylation sites (tertiary alicyclic amines) is 1. The molecule has 1 aromatic heterocycles. The number of carbonyl (C=O) groups is 1. The number of ether oxygens (including phenoxy) is 2. The topological polar surface area (TPSA) is 110 Å². The number of sulfonamides is 1. The number of amidine groups is 1. The van der Waals surface area contributed by atoms with Crippen LogP contribution in [0.25, 0.3) is 0 Å². The number of nitrogens with zero attached hydrogens (tertiary/aromatic N) is 3. The molecule has 2 aromatic rings. The lowest BCUT2D eigenvalue weighted by Gasteiger charge is -2.39. The SMILES string of the molecule is C[C@H](N=C1NS(=O)(=O)C(Cc2ccc(C3CCN(C(=O)OC(C)(C)C)CC3)nc2)C(C)(C)O1)c1ccccc1F. The third-order valence-electron chi connectivity index (χ3n) is 7.24. The van der Waals surface area contributed by atoms with E-state index >= 15 is 0 Å². The molecule has 2 atom stereocenters. The lowest BCUT2D eigenvalue weighted by molar-refractivity contribution is 0.0204.